The van der Waals surface area contributed by atoms with Crippen LogP contribution >= 0.6 is 0 Å². The van der Waals surface area contributed by atoms with Gasteiger partial charge in [0.25, 0.3) is 5.91 Å². The van der Waals surface area contributed by atoms with Crippen LogP contribution in [0.4, 0.5) is 5.69 Å². The maximum Gasteiger partial charge on any atom is 0.340 e. The van der Waals surface area contributed by atoms with Gasteiger partial charge >= 0.3 is 5.97 Å². The fourth-order valence-electron chi connectivity index (χ4n) is 3.02. The molecule has 0 bridgehead atoms. The number of aromatic nitrogens is 3. The third-order valence-electron chi connectivity index (χ3n) is 4.50. The van der Waals surface area contributed by atoms with Gasteiger partial charge < -0.3 is 10.1 Å². The van der Waals surface area contributed by atoms with Crippen molar-refractivity contribution in [1.29, 1.82) is 0 Å². The first-order chi connectivity index (χ1) is 13.4. The van der Waals surface area contributed by atoms with E-state index in [4.69, 9.17) is 4.74 Å². The lowest BCUT2D eigenvalue weighted by Crippen LogP contribution is -2.22. The average Bonchev–Trinajstić information content (AvgIpc) is 3.11. The molecule has 7 heteroatoms. The summed E-state index contributed by atoms with van der Waals surface area (Å²) in [5.41, 5.74) is 3.77. The second kappa shape index (κ2) is 8.21. The minimum atomic E-state index is -0.595. The molecule has 0 aliphatic carbocycles. The van der Waals surface area contributed by atoms with Crippen molar-refractivity contribution in [1.82, 2.24) is 14.8 Å². The molecule has 0 saturated heterocycles. The number of esters is 1. The standard InChI is InChI=1S/C21H24N4O3/c1-5-15-8-6-7-14(4)19(15)24-18(26)12-28-21(27)17-9-16-11-23-25(13(2)3)20(16)22-10-17/h6-11,13H,5,12H2,1-4H3,(H,24,26). The lowest BCUT2D eigenvalue weighted by atomic mass is 10.1. The summed E-state index contributed by atoms with van der Waals surface area (Å²) in [7, 11) is 0. The van der Waals surface area contributed by atoms with Gasteiger partial charge in [0.05, 0.1) is 11.8 Å². The van der Waals surface area contributed by atoms with Gasteiger partial charge in [-0.25, -0.2) is 14.5 Å². The summed E-state index contributed by atoms with van der Waals surface area (Å²) in [4.78, 5) is 28.9. The van der Waals surface area contributed by atoms with Gasteiger partial charge in [-0.15, -0.1) is 0 Å². The summed E-state index contributed by atoms with van der Waals surface area (Å²) < 4.78 is 6.94. The van der Waals surface area contributed by atoms with Crippen molar-refractivity contribution in [3.05, 3.63) is 53.3 Å². The number of anilines is 1. The van der Waals surface area contributed by atoms with Crippen molar-refractivity contribution in [2.45, 2.75) is 40.2 Å². The molecule has 28 heavy (non-hydrogen) atoms. The van der Waals surface area contributed by atoms with Crippen LogP contribution in [-0.4, -0.2) is 33.2 Å². The van der Waals surface area contributed by atoms with Gasteiger partial charge in [0, 0.05) is 23.3 Å². The average molecular weight is 380 g/mol. The van der Waals surface area contributed by atoms with Gasteiger partial charge in [-0.1, -0.05) is 25.1 Å². The highest BCUT2D eigenvalue weighted by Gasteiger charge is 2.15. The largest absolute Gasteiger partial charge is 0.452 e. The molecular formula is C21H24N4O3. The Labute approximate surface area is 163 Å². The zero-order chi connectivity index (χ0) is 20.3. The number of nitrogens with one attached hydrogen (secondary N) is 1. The second-order valence-electron chi connectivity index (χ2n) is 6.91. The van der Waals surface area contributed by atoms with Crippen LogP contribution in [0.15, 0.2) is 36.7 Å². The van der Waals surface area contributed by atoms with Gasteiger partial charge in [-0.3, -0.25) is 4.79 Å². The number of fused-ring (bicyclic) bond motifs is 1. The molecule has 0 spiro atoms. The van der Waals surface area contributed by atoms with Crippen LogP contribution in [-0.2, 0) is 16.0 Å². The molecule has 1 amide bonds. The van der Waals surface area contributed by atoms with Crippen molar-refractivity contribution >= 4 is 28.6 Å². The van der Waals surface area contributed by atoms with Crippen molar-refractivity contribution in [2.24, 2.45) is 0 Å². The molecule has 2 aromatic heterocycles. The fraction of sp³-hybridized carbons (Fsp3) is 0.333. The van der Waals surface area contributed by atoms with E-state index in [1.54, 1.807) is 16.9 Å². The number of rotatable bonds is 6. The summed E-state index contributed by atoms with van der Waals surface area (Å²) in [6.45, 7) is 7.61. The molecule has 3 rings (SSSR count). The molecule has 2 heterocycles. The Hall–Kier alpha value is -3.22. The quantitative estimate of drug-likeness (QED) is 0.659. The Morgan fingerprint density at radius 1 is 1.25 bits per heavy atom. The number of pyridine rings is 1. The van der Waals surface area contributed by atoms with E-state index >= 15 is 0 Å². The van der Waals surface area contributed by atoms with Gasteiger partial charge in [-0.05, 0) is 44.4 Å². The van der Waals surface area contributed by atoms with Crippen LogP contribution < -0.4 is 5.32 Å². The molecule has 7 nitrogen and oxygen atoms in total. The number of ether oxygens (including phenoxy) is 1. The zero-order valence-electron chi connectivity index (χ0n) is 16.5. The van der Waals surface area contributed by atoms with Gasteiger partial charge in [0.1, 0.15) is 0 Å². The molecule has 146 valence electrons. The number of hydrogen-bond acceptors (Lipinski definition) is 5. The van der Waals surface area contributed by atoms with Crippen molar-refractivity contribution in [2.75, 3.05) is 11.9 Å². The van der Waals surface area contributed by atoms with Gasteiger partial charge in [0.15, 0.2) is 12.3 Å². The topological polar surface area (TPSA) is 86.1 Å². The van der Waals surface area contributed by atoms with Gasteiger partial charge in [-0.2, -0.15) is 5.10 Å². The lowest BCUT2D eigenvalue weighted by Gasteiger charge is -2.13. The number of benzene rings is 1. The number of nitrogens with zero attached hydrogens (tertiary/aromatic N) is 3. The number of aryl methyl sites for hydroxylation is 2. The van der Waals surface area contributed by atoms with Crippen LogP contribution in [0, 0.1) is 6.92 Å². The van der Waals surface area contributed by atoms with Crippen LogP contribution in [0.2, 0.25) is 0 Å². The van der Waals surface area contributed by atoms with E-state index < -0.39 is 5.97 Å². The Kier molecular flexibility index (Phi) is 5.73. The molecule has 0 fully saturated rings. The third kappa shape index (κ3) is 4.03. The molecule has 0 atom stereocenters. The predicted molar refractivity (Wildman–Crippen MR) is 107 cm³/mol. The third-order valence-corrected chi connectivity index (χ3v) is 4.50. The number of carbonyl (C=O) groups is 2. The van der Waals surface area contributed by atoms with Gasteiger partial charge in [0.2, 0.25) is 0 Å². The first kappa shape index (κ1) is 19.5. The van der Waals surface area contributed by atoms with Crippen molar-refractivity contribution in [3.8, 4) is 0 Å². The van der Waals surface area contributed by atoms with Crippen LogP contribution in [0.3, 0.4) is 0 Å². The summed E-state index contributed by atoms with van der Waals surface area (Å²) in [5.74, 6) is -0.971. The number of hydrogen-bond donors (Lipinski definition) is 1. The minimum Gasteiger partial charge on any atom is -0.452 e. The van der Waals surface area contributed by atoms with E-state index in [1.807, 2.05) is 45.9 Å². The fourth-order valence-corrected chi connectivity index (χ4v) is 3.02. The number of amides is 1. The smallest absolute Gasteiger partial charge is 0.340 e. The van der Waals surface area contributed by atoms with Crippen LogP contribution in [0.5, 0.6) is 0 Å². The summed E-state index contributed by atoms with van der Waals surface area (Å²) in [6, 6.07) is 7.69. The highest BCUT2D eigenvalue weighted by molar-refractivity contribution is 5.97. The zero-order valence-corrected chi connectivity index (χ0v) is 16.5. The first-order valence-electron chi connectivity index (χ1n) is 9.29. The van der Waals surface area contributed by atoms with E-state index in [1.165, 1.54) is 6.20 Å². The Morgan fingerprint density at radius 3 is 2.75 bits per heavy atom. The highest BCUT2D eigenvalue weighted by atomic mass is 16.5. The summed E-state index contributed by atoms with van der Waals surface area (Å²) in [6.07, 6.45) is 3.91. The Bertz CT molecular complexity index is 1020. The minimum absolute atomic E-state index is 0.168. The molecule has 0 unspecified atom stereocenters. The monoisotopic (exact) mass is 380 g/mol. The summed E-state index contributed by atoms with van der Waals surface area (Å²) >= 11 is 0. The number of para-hydroxylation sites is 1. The normalized spacial score (nSPS) is 11.0. The van der Waals surface area contributed by atoms with E-state index in [-0.39, 0.29) is 24.1 Å². The molecular weight excluding hydrogens is 356 g/mol. The number of carbonyl (C=O) groups excluding carboxylic acids is 2. The van der Waals surface area contributed by atoms with Crippen molar-refractivity contribution < 1.29 is 14.3 Å². The Morgan fingerprint density at radius 2 is 2.04 bits per heavy atom. The summed E-state index contributed by atoms with van der Waals surface area (Å²) in [5, 5.41) is 7.87. The lowest BCUT2D eigenvalue weighted by molar-refractivity contribution is -0.119. The van der Waals surface area contributed by atoms with E-state index in [9.17, 15) is 9.59 Å². The molecule has 0 aliphatic rings. The predicted octanol–water partition coefficient (Wildman–Crippen LogP) is 3.68. The van der Waals surface area contributed by atoms with Crippen molar-refractivity contribution in [3.63, 3.8) is 0 Å². The second-order valence-corrected chi connectivity index (χ2v) is 6.91. The van der Waals surface area contributed by atoms with Crippen LogP contribution in [0.1, 0.15) is 48.3 Å². The van der Waals surface area contributed by atoms with E-state index in [0.29, 0.717) is 5.65 Å². The molecule has 0 saturated carbocycles. The van der Waals surface area contributed by atoms with E-state index in [0.717, 1.165) is 28.6 Å². The van der Waals surface area contributed by atoms with Crippen LogP contribution in [0.25, 0.3) is 11.0 Å². The maximum atomic E-state index is 12.3. The van der Waals surface area contributed by atoms with E-state index in [2.05, 4.69) is 15.4 Å². The first-order valence-corrected chi connectivity index (χ1v) is 9.29. The Balaban J connectivity index is 1.65. The molecule has 0 radical (unpaired) electrons. The molecule has 1 N–H and O–H groups in total. The molecule has 3 aromatic rings. The molecule has 1 aromatic carbocycles. The highest BCUT2D eigenvalue weighted by Crippen LogP contribution is 2.21. The SMILES string of the molecule is CCc1cccc(C)c1NC(=O)COC(=O)c1cnc2c(cnn2C(C)C)c1. The maximum absolute atomic E-state index is 12.3. The molecule has 0 aliphatic heterocycles.